The van der Waals surface area contributed by atoms with Crippen molar-refractivity contribution in [3.63, 3.8) is 0 Å². The van der Waals surface area contributed by atoms with Crippen LogP contribution >= 0.6 is 0 Å². The number of rotatable bonds is 6. The lowest BCUT2D eigenvalue weighted by atomic mass is 9.96. The van der Waals surface area contributed by atoms with Crippen LogP contribution in [0.15, 0.2) is 18.5 Å². The van der Waals surface area contributed by atoms with Crippen molar-refractivity contribution in [3.8, 4) is 0 Å². The van der Waals surface area contributed by atoms with Crippen molar-refractivity contribution in [2.75, 3.05) is 19.7 Å². The molecule has 0 spiro atoms. The lowest BCUT2D eigenvalue weighted by molar-refractivity contribution is 0.166. The second kappa shape index (κ2) is 6.22. The Morgan fingerprint density at radius 1 is 1.35 bits per heavy atom. The van der Waals surface area contributed by atoms with E-state index in [4.69, 9.17) is 5.11 Å². The Morgan fingerprint density at radius 2 is 2.06 bits per heavy atom. The molecule has 0 amide bonds. The molecule has 0 atom stereocenters. The van der Waals surface area contributed by atoms with Crippen LogP contribution in [0.3, 0.4) is 0 Å². The zero-order chi connectivity index (χ0) is 12.9. The molecule has 1 N–H and O–H groups in total. The highest BCUT2D eigenvalue weighted by Gasteiger charge is 2.16. The van der Waals surface area contributed by atoms with Crippen molar-refractivity contribution in [3.05, 3.63) is 24.0 Å². The van der Waals surface area contributed by atoms with Crippen molar-refractivity contribution < 1.29 is 5.11 Å². The summed E-state index contributed by atoms with van der Waals surface area (Å²) in [6.07, 6.45) is 5.09. The predicted octanol–water partition coefficient (Wildman–Crippen LogP) is 2.26. The van der Waals surface area contributed by atoms with E-state index in [-0.39, 0.29) is 6.61 Å². The molecular weight excluding hydrogens is 212 g/mol. The second-order valence-electron chi connectivity index (χ2n) is 6.03. The van der Waals surface area contributed by atoms with E-state index < -0.39 is 0 Å². The first-order valence-electron chi connectivity index (χ1n) is 6.35. The molecule has 0 aliphatic rings. The first-order valence-corrected chi connectivity index (χ1v) is 6.35. The van der Waals surface area contributed by atoms with E-state index in [1.165, 1.54) is 5.56 Å². The molecule has 98 valence electrons. The van der Waals surface area contributed by atoms with Crippen molar-refractivity contribution in [2.45, 2.75) is 33.7 Å². The molecule has 1 heterocycles. The highest BCUT2D eigenvalue weighted by Crippen LogP contribution is 2.17. The number of nitrogens with zero attached hydrogens (tertiary/aromatic N) is 2. The summed E-state index contributed by atoms with van der Waals surface area (Å²) in [5, 5.41) is 8.95. The minimum Gasteiger partial charge on any atom is -0.396 e. The Kier molecular flexibility index (Phi) is 5.22. The smallest absolute Gasteiger partial charge is 0.0443 e. The Morgan fingerprint density at radius 3 is 2.53 bits per heavy atom. The van der Waals surface area contributed by atoms with Gasteiger partial charge in [0.05, 0.1) is 0 Å². The van der Waals surface area contributed by atoms with Gasteiger partial charge in [-0.05, 0) is 23.5 Å². The van der Waals surface area contributed by atoms with Crippen LogP contribution in [0.5, 0.6) is 0 Å². The maximum atomic E-state index is 8.95. The van der Waals surface area contributed by atoms with E-state index in [2.05, 4.69) is 48.7 Å². The number of aliphatic hydroxyl groups is 1. The van der Waals surface area contributed by atoms with Crippen LogP contribution in [0.25, 0.3) is 0 Å². The monoisotopic (exact) mass is 238 g/mol. The van der Waals surface area contributed by atoms with Crippen LogP contribution in [0, 0.1) is 5.41 Å². The fourth-order valence-electron chi connectivity index (χ4n) is 2.09. The third kappa shape index (κ3) is 5.89. The van der Waals surface area contributed by atoms with Gasteiger partial charge >= 0.3 is 0 Å². The number of hydrogen-bond donors (Lipinski definition) is 1. The van der Waals surface area contributed by atoms with Crippen molar-refractivity contribution in [1.29, 1.82) is 0 Å². The van der Waals surface area contributed by atoms with Crippen LogP contribution in [0.1, 0.15) is 32.8 Å². The minimum absolute atomic E-state index is 0.273. The molecule has 17 heavy (non-hydrogen) atoms. The van der Waals surface area contributed by atoms with Gasteiger partial charge in [0.1, 0.15) is 0 Å². The summed E-state index contributed by atoms with van der Waals surface area (Å²) in [6.45, 7) is 10.0. The summed E-state index contributed by atoms with van der Waals surface area (Å²) in [5.74, 6) is 0. The van der Waals surface area contributed by atoms with E-state index >= 15 is 0 Å². The van der Waals surface area contributed by atoms with Gasteiger partial charge in [0.15, 0.2) is 0 Å². The summed E-state index contributed by atoms with van der Waals surface area (Å²) in [4.78, 5) is 2.42. The van der Waals surface area contributed by atoms with Crippen molar-refractivity contribution in [1.82, 2.24) is 9.47 Å². The molecule has 3 heteroatoms. The third-order valence-electron chi connectivity index (χ3n) is 2.63. The lowest BCUT2D eigenvalue weighted by Crippen LogP contribution is -2.33. The van der Waals surface area contributed by atoms with Gasteiger partial charge in [0.2, 0.25) is 0 Å². The fraction of sp³-hybridized carbons (Fsp3) is 0.714. The van der Waals surface area contributed by atoms with Crippen LogP contribution in [-0.4, -0.2) is 34.3 Å². The molecule has 3 nitrogen and oxygen atoms in total. The molecule has 0 radical (unpaired) electrons. The molecule has 0 fully saturated rings. The zero-order valence-corrected chi connectivity index (χ0v) is 11.6. The Balaban J connectivity index is 2.56. The molecule has 0 bridgehead atoms. The van der Waals surface area contributed by atoms with Crippen molar-refractivity contribution in [2.24, 2.45) is 12.5 Å². The fourth-order valence-corrected chi connectivity index (χ4v) is 2.09. The number of hydrogen-bond acceptors (Lipinski definition) is 2. The molecular formula is C14H26N2O. The highest BCUT2D eigenvalue weighted by atomic mass is 16.3. The summed E-state index contributed by atoms with van der Waals surface area (Å²) in [7, 11) is 2.05. The summed E-state index contributed by atoms with van der Waals surface area (Å²) >= 11 is 0. The van der Waals surface area contributed by atoms with Crippen molar-refractivity contribution >= 4 is 0 Å². The van der Waals surface area contributed by atoms with Gasteiger partial charge < -0.3 is 9.67 Å². The molecule has 0 aliphatic carbocycles. The first-order chi connectivity index (χ1) is 7.90. The van der Waals surface area contributed by atoms with Gasteiger partial charge in [-0.25, -0.2) is 0 Å². The molecule has 0 aromatic carbocycles. The largest absolute Gasteiger partial charge is 0.396 e. The maximum Gasteiger partial charge on any atom is 0.0443 e. The van der Waals surface area contributed by atoms with E-state index in [1.54, 1.807) is 0 Å². The van der Waals surface area contributed by atoms with E-state index in [9.17, 15) is 0 Å². The minimum atomic E-state index is 0.273. The quantitative estimate of drug-likeness (QED) is 0.823. The summed E-state index contributed by atoms with van der Waals surface area (Å²) in [5.41, 5.74) is 1.64. The molecule has 0 unspecified atom stereocenters. The Labute approximate surface area is 105 Å². The molecule has 0 saturated carbocycles. The summed E-state index contributed by atoms with van der Waals surface area (Å²) < 4.78 is 2.08. The van der Waals surface area contributed by atoms with Crippen LogP contribution in [-0.2, 0) is 13.6 Å². The van der Waals surface area contributed by atoms with Gasteiger partial charge in [-0.3, -0.25) is 4.90 Å². The average molecular weight is 238 g/mol. The molecule has 0 aliphatic heterocycles. The van der Waals surface area contributed by atoms with Crippen LogP contribution in [0.4, 0.5) is 0 Å². The lowest BCUT2D eigenvalue weighted by Gasteiger charge is -2.29. The Hall–Kier alpha value is -0.800. The number of aryl methyl sites for hydroxylation is 1. The molecule has 1 aromatic heterocycles. The number of aliphatic hydroxyl groups excluding tert-OH is 1. The first kappa shape index (κ1) is 14.3. The third-order valence-corrected chi connectivity index (χ3v) is 2.63. The zero-order valence-electron chi connectivity index (χ0n) is 11.6. The number of aromatic nitrogens is 1. The SMILES string of the molecule is Cn1ccc(CN(CCCO)CC(C)(C)C)c1. The maximum absolute atomic E-state index is 8.95. The van der Waals surface area contributed by atoms with Gasteiger partial charge in [-0.15, -0.1) is 0 Å². The standard InChI is InChI=1S/C14H26N2O/c1-14(2,3)12-16(7-5-9-17)11-13-6-8-15(4)10-13/h6,8,10,17H,5,7,9,11-12H2,1-4H3. The second-order valence-corrected chi connectivity index (χ2v) is 6.03. The highest BCUT2D eigenvalue weighted by molar-refractivity contribution is 5.09. The van der Waals surface area contributed by atoms with E-state index in [1.807, 2.05) is 7.05 Å². The topological polar surface area (TPSA) is 28.4 Å². The summed E-state index contributed by atoms with van der Waals surface area (Å²) in [6, 6.07) is 2.16. The van der Waals surface area contributed by atoms with E-state index in [0.717, 1.165) is 26.1 Å². The Bertz CT molecular complexity index is 325. The van der Waals surface area contributed by atoms with Gasteiger partial charge in [0, 0.05) is 45.7 Å². The predicted molar refractivity (Wildman–Crippen MR) is 71.8 cm³/mol. The molecule has 0 saturated heterocycles. The van der Waals surface area contributed by atoms with Gasteiger partial charge in [-0.2, -0.15) is 0 Å². The van der Waals surface area contributed by atoms with Gasteiger partial charge in [0.25, 0.3) is 0 Å². The van der Waals surface area contributed by atoms with Gasteiger partial charge in [-0.1, -0.05) is 20.8 Å². The normalized spacial score (nSPS) is 12.4. The van der Waals surface area contributed by atoms with E-state index in [0.29, 0.717) is 5.41 Å². The molecule has 1 rings (SSSR count). The average Bonchev–Trinajstić information content (AvgIpc) is 2.58. The molecule has 1 aromatic rings. The van der Waals surface area contributed by atoms with Crippen LogP contribution in [0.2, 0.25) is 0 Å². The van der Waals surface area contributed by atoms with Crippen LogP contribution < -0.4 is 0 Å².